The van der Waals surface area contributed by atoms with E-state index < -0.39 is 95.2 Å². The molecular weight excluding hydrogens is 564 g/mol. The molecule has 4 aliphatic rings. The first-order valence-electron chi connectivity index (χ1n) is 14.3. The minimum Gasteiger partial charge on any atom is -0.455 e. The number of aliphatic hydroxyl groups is 4. The van der Waals surface area contributed by atoms with E-state index in [1.165, 1.54) is 19.1 Å². The van der Waals surface area contributed by atoms with Crippen LogP contribution in [0.2, 0.25) is 0 Å². The van der Waals surface area contributed by atoms with Crippen molar-refractivity contribution >= 4 is 23.7 Å². The highest BCUT2D eigenvalue weighted by atomic mass is 16.6. The number of Topliss-reactive ketones (excluding diaryl/α,β-unsaturated/α-hetero) is 1. The number of rotatable bonds is 5. The molecule has 43 heavy (non-hydrogen) atoms. The van der Waals surface area contributed by atoms with Crippen molar-refractivity contribution in [1.82, 2.24) is 0 Å². The summed E-state index contributed by atoms with van der Waals surface area (Å²) < 4.78 is 23.3. The average Bonchev–Trinajstić information content (AvgIpc) is 2.93. The van der Waals surface area contributed by atoms with Crippen LogP contribution < -0.4 is 0 Å². The summed E-state index contributed by atoms with van der Waals surface area (Å²) in [5, 5.41) is 47.0. The summed E-state index contributed by atoms with van der Waals surface area (Å²) in [5.41, 5.74) is -7.37. The number of carbonyl (C=O) groups excluding carboxylic acids is 4. The molecule has 4 N–H and O–H groups in total. The standard InChI is InChI=1S/C31H38O12/c1-15-19(35)12-31(39)26(42-27(38)18-9-7-6-8-10-18)24-29(13-32,20(36)11-21-30(24,14-40-21)43-17(3)34)25(37)23(41-16(2)33)22(15)28(31,4)5/h6-10,19-21,23-24,26,32,35-36,39H,11-14H2,1-5H3/t19-,20-,21-,23+,24-,26-,29-,30-,31+/m0/s1. The maximum Gasteiger partial charge on any atom is 0.338 e. The Kier molecular flexibility index (Phi) is 7.62. The van der Waals surface area contributed by atoms with Gasteiger partial charge in [0, 0.05) is 32.1 Å². The molecule has 0 spiro atoms. The molecule has 12 nitrogen and oxygen atoms in total. The van der Waals surface area contributed by atoms with Crippen LogP contribution in [0, 0.1) is 16.7 Å². The quantitative estimate of drug-likeness (QED) is 0.210. The third-order valence-electron chi connectivity index (χ3n) is 10.2. The molecule has 12 heteroatoms. The summed E-state index contributed by atoms with van der Waals surface area (Å²) in [7, 11) is 0. The molecule has 0 amide bonds. The normalized spacial score (nSPS) is 39.7. The number of hydrogen-bond donors (Lipinski definition) is 4. The minimum atomic E-state index is -2.28. The number of benzene rings is 1. The molecular formula is C31H38O12. The van der Waals surface area contributed by atoms with Crippen molar-refractivity contribution in [3.05, 3.63) is 47.0 Å². The Morgan fingerprint density at radius 3 is 2.23 bits per heavy atom. The van der Waals surface area contributed by atoms with E-state index in [0.717, 1.165) is 13.8 Å². The van der Waals surface area contributed by atoms with Crippen LogP contribution in [0.4, 0.5) is 0 Å². The zero-order valence-corrected chi connectivity index (χ0v) is 24.7. The monoisotopic (exact) mass is 602 g/mol. The lowest BCUT2D eigenvalue weighted by molar-refractivity contribution is -0.350. The minimum absolute atomic E-state index is 0.0571. The van der Waals surface area contributed by atoms with Gasteiger partial charge < -0.3 is 39.4 Å². The second-order valence-electron chi connectivity index (χ2n) is 12.7. The number of carbonyl (C=O) groups is 4. The van der Waals surface area contributed by atoms with Gasteiger partial charge in [0.05, 0.1) is 42.3 Å². The first-order valence-corrected chi connectivity index (χ1v) is 14.3. The molecule has 1 aliphatic heterocycles. The largest absolute Gasteiger partial charge is 0.455 e. The van der Waals surface area contributed by atoms with E-state index in [1.807, 2.05) is 0 Å². The van der Waals surface area contributed by atoms with Gasteiger partial charge >= 0.3 is 17.9 Å². The molecule has 1 aromatic rings. The molecule has 1 heterocycles. The Morgan fingerprint density at radius 1 is 1.05 bits per heavy atom. The number of fused-ring (bicyclic) bond motifs is 5. The summed E-state index contributed by atoms with van der Waals surface area (Å²) in [6, 6.07) is 7.87. The first kappa shape index (κ1) is 31.3. The highest BCUT2D eigenvalue weighted by Crippen LogP contribution is 2.64. The molecule has 3 aliphatic carbocycles. The van der Waals surface area contributed by atoms with E-state index in [1.54, 1.807) is 32.0 Å². The van der Waals surface area contributed by atoms with Gasteiger partial charge in [-0.05, 0) is 30.2 Å². The summed E-state index contributed by atoms with van der Waals surface area (Å²) in [4.78, 5) is 53.6. The molecule has 1 aromatic carbocycles. The fraction of sp³-hybridized carbons (Fsp3) is 0.613. The van der Waals surface area contributed by atoms with Gasteiger partial charge in [-0.15, -0.1) is 0 Å². The van der Waals surface area contributed by atoms with Crippen molar-refractivity contribution in [3.8, 4) is 0 Å². The molecule has 9 atom stereocenters. The van der Waals surface area contributed by atoms with Crippen LogP contribution in [0.3, 0.4) is 0 Å². The van der Waals surface area contributed by atoms with Crippen LogP contribution >= 0.6 is 0 Å². The number of ether oxygens (including phenoxy) is 4. The van der Waals surface area contributed by atoms with Crippen LogP contribution in [0.5, 0.6) is 0 Å². The van der Waals surface area contributed by atoms with Gasteiger partial charge in [-0.2, -0.15) is 0 Å². The summed E-state index contributed by atoms with van der Waals surface area (Å²) >= 11 is 0. The third-order valence-corrected chi connectivity index (χ3v) is 10.2. The van der Waals surface area contributed by atoms with Crippen LogP contribution in [-0.4, -0.2) is 99.1 Å². The molecule has 0 radical (unpaired) electrons. The second-order valence-corrected chi connectivity index (χ2v) is 12.7. The maximum atomic E-state index is 14.9. The van der Waals surface area contributed by atoms with E-state index in [4.69, 9.17) is 18.9 Å². The molecule has 234 valence electrons. The maximum absolute atomic E-state index is 14.9. The molecule has 2 saturated carbocycles. The number of hydrogen-bond acceptors (Lipinski definition) is 12. The second kappa shape index (κ2) is 10.5. The topological polar surface area (TPSA) is 186 Å². The number of aliphatic hydroxyl groups excluding tert-OH is 3. The smallest absolute Gasteiger partial charge is 0.338 e. The van der Waals surface area contributed by atoms with Gasteiger partial charge in [-0.1, -0.05) is 32.0 Å². The fourth-order valence-electron chi connectivity index (χ4n) is 8.00. The van der Waals surface area contributed by atoms with Gasteiger partial charge in [0.25, 0.3) is 0 Å². The zero-order chi connectivity index (χ0) is 31.7. The van der Waals surface area contributed by atoms with Gasteiger partial charge in [-0.3, -0.25) is 14.4 Å². The van der Waals surface area contributed by atoms with Crippen LogP contribution in [0.15, 0.2) is 41.5 Å². The molecule has 2 bridgehead atoms. The van der Waals surface area contributed by atoms with E-state index in [2.05, 4.69) is 0 Å². The van der Waals surface area contributed by atoms with Gasteiger partial charge in [0.1, 0.15) is 17.8 Å². The highest BCUT2D eigenvalue weighted by molar-refractivity contribution is 5.96. The Labute approximate surface area is 248 Å². The SMILES string of the molecule is CC(=O)O[C@H]1C(=O)[C@]2(CO)[C@H]([C@H](OC(=O)c3ccccc3)[C@]3(O)C[C@H](O)C(C)=C1C3(C)C)[C@]1(OC(C)=O)CO[C@H]1C[C@@H]2O. The predicted octanol–water partition coefficient (Wildman–Crippen LogP) is 0.625. The molecule has 0 aromatic heterocycles. The van der Waals surface area contributed by atoms with Crippen LogP contribution in [-0.2, 0) is 33.3 Å². The first-order chi connectivity index (χ1) is 20.1. The fourth-order valence-corrected chi connectivity index (χ4v) is 8.00. The van der Waals surface area contributed by atoms with Crippen molar-refractivity contribution in [2.75, 3.05) is 13.2 Å². The van der Waals surface area contributed by atoms with Crippen LogP contribution in [0.25, 0.3) is 0 Å². The van der Waals surface area contributed by atoms with Crippen LogP contribution in [0.1, 0.15) is 57.8 Å². The third kappa shape index (κ3) is 4.29. The Balaban J connectivity index is 1.87. The van der Waals surface area contributed by atoms with Crippen molar-refractivity contribution in [2.45, 2.75) is 89.2 Å². The van der Waals surface area contributed by atoms with E-state index in [-0.39, 0.29) is 29.7 Å². The van der Waals surface area contributed by atoms with Crippen molar-refractivity contribution in [2.24, 2.45) is 16.7 Å². The van der Waals surface area contributed by atoms with Gasteiger partial charge in [0.2, 0.25) is 0 Å². The zero-order valence-electron chi connectivity index (χ0n) is 24.7. The summed E-state index contributed by atoms with van der Waals surface area (Å²) in [5.74, 6) is -5.09. The molecule has 0 unspecified atom stereocenters. The lowest BCUT2D eigenvalue weighted by Crippen LogP contribution is -2.83. The molecule has 1 saturated heterocycles. The Morgan fingerprint density at radius 2 is 1.70 bits per heavy atom. The highest BCUT2D eigenvalue weighted by Gasteiger charge is 2.79. The van der Waals surface area contributed by atoms with Crippen molar-refractivity contribution < 1.29 is 58.6 Å². The van der Waals surface area contributed by atoms with Crippen molar-refractivity contribution in [1.29, 1.82) is 0 Å². The van der Waals surface area contributed by atoms with Crippen molar-refractivity contribution in [3.63, 3.8) is 0 Å². The van der Waals surface area contributed by atoms with Gasteiger partial charge in [-0.25, -0.2) is 4.79 Å². The van der Waals surface area contributed by atoms with E-state index in [0.29, 0.717) is 0 Å². The van der Waals surface area contributed by atoms with E-state index in [9.17, 15) is 39.6 Å². The van der Waals surface area contributed by atoms with Gasteiger partial charge in [0.15, 0.2) is 17.5 Å². The van der Waals surface area contributed by atoms with E-state index >= 15 is 0 Å². The number of esters is 3. The predicted molar refractivity (Wildman–Crippen MR) is 146 cm³/mol. The Bertz CT molecular complexity index is 1370. The summed E-state index contributed by atoms with van der Waals surface area (Å²) in [6.45, 7) is 5.56. The lowest BCUT2D eigenvalue weighted by Gasteiger charge is -2.67. The Hall–Kier alpha value is -3.16. The average molecular weight is 603 g/mol. The lowest BCUT2D eigenvalue weighted by atomic mass is 9.44. The summed E-state index contributed by atoms with van der Waals surface area (Å²) in [6.07, 6.45) is -8.21. The number of ketones is 1. The molecule has 5 rings (SSSR count). The molecule has 3 fully saturated rings.